The summed E-state index contributed by atoms with van der Waals surface area (Å²) >= 11 is 0. The lowest BCUT2D eigenvalue weighted by Crippen LogP contribution is -2.37. The highest BCUT2D eigenvalue weighted by molar-refractivity contribution is 5.71. The first-order valence-electron chi connectivity index (χ1n) is 7.26. The summed E-state index contributed by atoms with van der Waals surface area (Å²) in [6.45, 7) is 5.38. The van der Waals surface area contributed by atoms with Gasteiger partial charge in [-0.1, -0.05) is 13.8 Å². The van der Waals surface area contributed by atoms with Gasteiger partial charge in [0.1, 0.15) is 5.82 Å². The maximum absolute atomic E-state index is 12.5. The third-order valence-electron chi connectivity index (χ3n) is 3.73. The van der Waals surface area contributed by atoms with Crippen LogP contribution in [0.1, 0.15) is 38.4 Å². The van der Waals surface area contributed by atoms with Gasteiger partial charge in [-0.3, -0.25) is 13.9 Å². The van der Waals surface area contributed by atoms with Gasteiger partial charge in [0.05, 0.1) is 0 Å². The van der Waals surface area contributed by atoms with E-state index in [4.69, 9.17) is 5.73 Å². The van der Waals surface area contributed by atoms with E-state index in [0.717, 1.165) is 23.2 Å². The van der Waals surface area contributed by atoms with E-state index >= 15 is 0 Å². The van der Waals surface area contributed by atoms with Crippen LogP contribution >= 0.6 is 0 Å². The van der Waals surface area contributed by atoms with E-state index in [1.165, 1.54) is 11.6 Å². The number of aryl methyl sites for hydroxylation is 2. The highest BCUT2D eigenvalue weighted by atomic mass is 16.2. The molecule has 0 saturated heterocycles. The predicted molar refractivity (Wildman–Crippen MR) is 82.6 cm³/mol. The van der Waals surface area contributed by atoms with Gasteiger partial charge in [0.2, 0.25) is 0 Å². The molecule has 0 amide bonds. The van der Waals surface area contributed by atoms with E-state index in [9.17, 15) is 9.59 Å². The molecule has 0 atom stereocenters. The zero-order valence-corrected chi connectivity index (χ0v) is 13.1. The minimum Gasteiger partial charge on any atom is -0.330 e. The van der Waals surface area contributed by atoms with Crippen LogP contribution in [-0.4, -0.2) is 25.2 Å². The van der Waals surface area contributed by atoms with Crippen molar-refractivity contribution >= 4 is 11.2 Å². The van der Waals surface area contributed by atoms with Crippen LogP contribution in [0.4, 0.5) is 0 Å². The zero-order valence-electron chi connectivity index (χ0n) is 13.1. The zero-order chi connectivity index (χ0) is 15.7. The number of hydrogen-bond donors (Lipinski definition) is 1. The maximum Gasteiger partial charge on any atom is 0.332 e. The topological polar surface area (TPSA) is 87.8 Å². The van der Waals surface area contributed by atoms with Gasteiger partial charge in [0.15, 0.2) is 11.2 Å². The largest absolute Gasteiger partial charge is 0.332 e. The van der Waals surface area contributed by atoms with Gasteiger partial charge in [-0.05, 0) is 19.4 Å². The molecule has 0 unspecified atom stereocenters. The Balaban J connectivity index is 2.77. The molecular formula is C14H23N5O2. The van der Waals surface area contributed by atoms with E-state index in [-0.39, 0.29) is 17.2 Å². The van der Waals surface area contributed by atoms with E-state index < -0.39 is 0 Å². The van der Waals surface area contributed by atoms with Crippen LogP contribution in [0, 0.1) is 0 Å². The van der Waals surface area contributed by atoms with Crippen LogP contribution in [0.25, 0.3) is 11.2 Å². The maximum atomic E-state index is 12.5. The molecule has 0 bridgehead atoms. The second kappa shape index (κ2) is 5.85. The first-order chi connectivity index (χ1) is 9.90. The van der Waals surface area contributed by atoms with Crippen molar-refractivity contribution in [3.63, 3.8) is 0 Å². The van der Waals surface area contributed by atoms with Crippen molar-refractivity contribution in [3.05, 3.63) is 26.7 Å². The molecule has 2 aromatic heterocycles. The van der Waals surface area contributed by atoms with Crippen molar-refractivity contribution in [1.82, 2.24) is 18.7 Å². The normalized spacial score (nSPS) is 11.7. The van der Waals surface area contributed by atoms with Crippen LogP contribution in [0.15, 0.2) is 9.59 Å². The van der Waals surface area contributed by atoms with Crippen molar-refractivity contribution in [2.45, 2.75) is 39.2 Å². The summed E-state index contributed by atoms with van der Waals surface area (Å²) in [5, 5.41) is 0. The molecule has 0 aliphatic rings. The van der Waals surface area contributed by atoms with Crippen molar-refractivity contribution in [3.8, 4) is 0 Å². The Hall–Kier alpha value is -1.89. The molecule has 0 aliphatic heterocycles. The quantitative estimate of drug-likeness (QED) is 0.803. The average Bonchev–Trinajstić information content (AvgIpc) is 2.83. The summed E-state index contributed by atoms with van der Waals surface area (Å²) in [7, 11) is 3.14. The van der Waals surface area contributed by atoms with Gasteiger partial charge in [-0.25, -0.2) is 9.78 Å². The summed E-state index contributed by atoms with van der Waals surface area (Å²) in [5.74, 6) is 1.01. The van der Waals surface area contributed by atoms with Crippen LogP contribution in [0.5, 0.6) is 0 Å². The van der Waals surface area contributed by atoms with Crippen LogP contribution in [0.3, 0.4) is 0 Å². The minimum absolute atomic E-state index is 0.176. The molecule has 0 aliphatic carbocycles. The molecule has 7 nitrogen and oxygen atoms in total. The van der Waals surface area contributed by atoms with Gasteiger partial charge in [-0.2, -0.15) is 0 Å². The number of unbranched alkanes of at least 4 members (excludes halogenated alkanes) is 1. The highest BCUT2D eigenvalue weighted by Crippen LogP contribution is 2.19. The summed E-state index contributed by atoms with van der Waals surface area (Å²) in [4.78, 5) is 29.0. The number of imidazole rings is 1. The van der Waals surface area contributed by atoms with Gasteiger partial charge in [0, 0.05) is 26.6 Å². The molecule has 0 aromatic carbocycles. The summed E-state index contributed by atoms with van der Waals surface area (Å²) in [6, 6.07) is 0. The average molecular weight is 293 g/mol. The van der Waals surface area contributed by atoms with Crippen molar-refractivity contribution in [1.29, 1.82) is 0 Å². The Morgan fingerprint density at radius 2 is 1.81 bits per heavy atom. The molecule has 21 heavy (non-hydrogen) atoms. The lowest BCUT2D eigenvalue weighted by atomic mass is 10.2. The fourth-order valence-electron chi connectivity index (χ4n) is 2.54. The second-order valence-corrected chi connectivity index (χ2v) is 5.65. The van der Waals surface area contributed by atoms with E-state index in [1.54, 1.807) is 7.05 Å². The lowest BCUT2D eigenvalue weighted by molar-refractivity contribution is 0.582. The Labute approximate surface area is 123 Å². The number of nitrogens with zero attached hydrogens (tertiary/aromatic N) is 4. The number of rotatable bonds is 5. The Bertz CT molecular complexity index is 766. The van der Waals surface area contributed by atoms with Crippen LogP contribution in [0.2, 0.25) is 0 Å². The molecule has 0 radical (unpaired) electrons. The fraction of sp³-hybridized carbons (Fsp3) is 0.643. The molecule has 2 heterocycles. The van der Waals surface area contributed by atoms with E-state index in [0.29, 0.717) is 24.3 Å². The molecular weight excluding hydrogens is 270 g/mol. The minimum atomic E-state index is -0.352. The first-order valence-corrected chi connectivity index (χ1v) is 7.26. The molecule has 7 heteroatoms. The van der Waals surface area contributed by atoms with Crippen molar-refractivity contribution in [2.75, 3.05) is 6.54 Å². The standard InChI is InChI=1S/C14H23N5O2/c1-9(2)11-16-12-10(19(11)8-6-5-7-15)13(20)18(4)14(21)17(12)3/h9H,5-8,15H2,1-4H3. The molecule has 116 valence electrons. The molecule has 2 rings (SSSR count). The SMILES string of the molecule is CC(C)c1nc2c(c(=O)n(C)c(=O)n2C)n1CCCCN. The van der Waals surface area contributed by atoms with Crippen molar-refractivity contribution in [2.24, 2.45) is 19.8 Å². The van der Waals surface area contributed by atoms with Gasteiger partial charge in [0.25, 0.3) is 5.56 Å². The monoisotopic (exact) mass is 293 g/mol. The summed E-state index contributed by atoms with van der Waals surface area (Å²) in [6.07, 6.45) is 1.77. The number of nitrogens with two attached hydrogens (primary N) is 1. The van der Waals surface area contributed by atoms with E-state index in [1.807, 2.05) is 18.4 Å². The Morgan fingerprint density at radius 3 is 2.38 bits per heavy atom. The second-order valence-electron chi connectivity index (χ2n) is 5.65. The molecule has 0 saturated carbocycles. The highest BCUT2D eigenvalue weighted by Gasteiger charge is 2.20. The van der Waals surface area contributed by atoms with Gasteiger partial charge < -0.3 is 10.3 Å². The summed E-state index contributed by atoms with van der Waals surface area (Å²) < 4.78 is 4.51. The summed E-state index contributed by atoms with van der Waals surface area (Å²) in [5.41, 5.74) is 5.85. The molecule has 0 fully saturated rings. The number of aromatic nitrogens is 4. The molecule has 0 spiro atoms. The number of hydrogen-bond acceptors (Lipinski definition) is 4. The number of fused-ring (bicyclic) bond motifs is 1. The third kappa shape index (κ3) is 2.53. The lowest BCUT2D eigenvalue weighted by Gasteiger charge is -2.11. The molecule has 2 N–H and O–H groups in total. The smallest absolute Gasteiger partial charge is 0.330 e. The van der Waals surface area contributed by atoms with Crippen LogP contribution < -0.4 is 17.0 Å². The molecule has 2 aromatic rings. The van der Waals surface area contributed by atoms with Crippen molar-refractivity contribution < 1.29 is 0 Å². The third-order valence-corrected chi connectivity index (χ3v) is 3.73. The van der Waals surface area contributed by atoms with Gasteiger partial charge >= 0.3 is 5.69 Å². The Kier molecular flexibility index (Phi) is 4.32. The fourth-order valence-corrected chi connectivity index (χ4v) is 2.54. The Morgan fingerprint density at radius 1 is 1.14 bits per heavy atom. The van der Waals surface area contributed by atoms with Gasteiger partial charge in [-0.15, -0.1) is 0 Å². The van der Waals surface area contributed by atoms with Crippen LogP contribution in [-0.2, 0) is 20.6 Å². The van der Waals surface area contributed by atoms with E-state index in [2.05, 4.69) is 4.98 Å². The predicted octanol–water partition coefficient (Wildman–Crippen LogP) is 0.296. The first kappa shape index (κ1) is 15.5.